The number of benzene rings is 1. The molecule has 0 fully saturated rings. The molecule has 3 N–H and O–H groups in total. The lowest BCUT2D eigenvalue weighted by atomic mass is 10.1. The summed E-state index contributed by atoms with van der Waals surface area (Å²) >= 11 is 0. The van der Waals surface area contributed by atoms with Crippen molar-refractivity contribution in [2.24, 2.45) is 0 Å². The van der Waals surface area contributed by atoms with Crippen molar-refractivity contribution in [3.05, 3.63) is 41.0 Å². The number of carbonyl (C=O) groups excluding carboxylic acids is 1. The van der Waals surface area contributed by atoms with Crippen molar-refractivity contribution in [3.63, 3.8) is 0 Å². The second-order valence-corrected chi connectivity index (χ2v) is 5.22. The molecule has 0 bridgehead atoms. The van der Waals surface area contributed by atoms with Crippen molar-refractivity contribution in [1.82, 2.24) is 5.32 Å². The summed E-state index contributed by atoms with van der Waals surface area (Å²) in [4.78, 5) is 22.8. The van der Waals surface area contributed by atoms with Crippen LogP contribution in [0.3, 0.4) is 0 Å². The highest BCUT2D eigenvalue weighted by atomic mass is 16.4. The number of urea groups is 1. The molecule has 0 heterocycles. The molecule has 5 heteroatoms. The number of aromatic carboxylic acids is 1. The molecule has 1 aromatic rings. The molecule has 5 nitrogen and oxygen atoms in total. The highest BCUT2D eigenvalue weighted by Crippen LogP contribution is 2.19. The van der Waals surface area contributed by atoms with Crippen LogP contribution in [0.4, 0.5) is 10.5 Å². The minimum absolute atomic E-state index is 0.198. The summed E-state index contributed by atoms with van der Waals surface area (Å²) in [5.74, 6) is -0.996. The highest BCUT2D eigenvalue weighted by molar-refractivity contribution is 5.94. The Morgan fingerprint density at radius 2 is 2.14 bits per heavy atom. The zero-order chi connectivity index (χ0) is 15.2. The van der Waals surface area contributed by atoms with Gasteiger partial charge in [-0.1, -0.05) is 17.7 Å². The van der Waals surface area contributed by atoms with Gasteiger partial charge in [0.2, 0.25) is 0 Å². The number of allylic oxidation sites excluding steroid dienone is 1. The average molecular weight is 288 g/mol. The van der Waals surface area contributed by atoms with Gasteiger partial charge in [-0.3, -0.25) is 0 Å². The first-order valence-corrected chi connectivity index (χ1v) is 7.13. The van der Waals surface area contributed by atoms with Gasteiger partial charge in [-0.25, -0.2) is 9.59 Å². The standard InChI is InChI=1S/C16H20N2O3/c1-11-6-7-13(10-14(11)15(19)20)18-16(21)17-9-8-12-4-2-3-5-12/h4,6-7,10H,2-3,5,8-9H2,1H3,(H,19,20)(H2,17,18,21). The van der Waals surface area contributed by atoms with E-state index in [1.165, 1.54) is 18.1 Å². The fourth-order valence-electron chi connectivity index (χ4n) is 2.41. The van der Waals surface area contributed by atoms with Gasteiger partial charge in [-0.05, 0) is 50.3 Å². The SMILES string of the molecule is Cc1ccc(NC(=O)NCCC2=CCCC2)cc1C(=O)O. The lowest BCUT2D eigenvalue weighted by molar-refractivity contribution is 0.0696. The third-order valence-electron chi connectivity index (χ3n) is 3.59. The Morgan fingerprint density at radius 1 is 1.33 bits per heavy atom. The van der Waals surface area contributed by atoms with Crippen LogP contribution in [0.25, 0.3) is 0 Å². The van der Waals surface area contributed by atoms with E-state index < -0.39 is 5.97 Å². The molecular weight excluding hydrogens is 268 g/mol. The maximum Gasteiger partial charge on any atom is 0.336 e. The lowest BCUT2D eigenvalue weighted by Gasteiger charge is -2.09. The Labute approximate surface area is 124 Å². The summed E-state index contributed by atoms with van der Waals surface area (Å²) in [7, 11) is 0. The van der Waals surface area contributed by atoms with Crippen LogP contribution in [-0.4, -0.2) is 23.7 Å². The second kappa shape index (κ2) is 6.92. The summed E-state index contributed by atoms with van der Waals surface area (Å²) in [6.45, 7) is 2.32. The molecule has 1 aromatic carbocycles. The van der Waals surface area contributed by atoms with Gasteiger partial charge in [-0.2, -0.15) is 0 Å². The quantitative estimate of drug-likeness (QED) is 0.727. The molecule has 0 spiro atoms. The molecule has 0 aromatic heterocycles. The maximum atomic E-state index is 11.8. The third kappa shape index (κ3) is 4.34. The molecule has 2 rings (SSSR count). The van der Waals surface area contributed by atoms with Crippen molar-refractivity contribution in [2.45, 2.75) is 32.6 Å². The van der Waals surface area contributed by atoms with Gasteiger partial charge in [0.05, 0.1) is 5.56 Å². The van der Waals surface area contributed by atoms with Gasteiger partial charge < -0.3 is 15.7 Å². The molecule has 0 saturated carbocycles. The van der Waals surface area contributed by atoms with E-state index in [0.29, 0.717) is 17.8 Å². The molecule has 0 atom stereocenters. The number of nitrogens with one attached hydrogen (secondary N) is 2. The predicted molar refractivity (Wildman–Crippen MR) is 81.7 cm³/mol. The van der Waals surface area contributed by atoms with Crippen LogP contribution < -0.4 is 10.6 Å². The minimum atomic E-state index is -0.996. The first kappa shape index (κ1) is 15.1. The Balaban J connectivity index is 1.84. The lowest BCUT2D eigenvalue weighted by Crippen LogP contribution is -2.29. The Hall–Kier alpha value is -2.30. The fourth-order valence-corrected chi connectivity index (χ4v) is 2.41. The van der Waals surface area contributed by atoms with Gasteiger partial charge in [-0.15, -0.1) is 0 Å². The average Bonchev–Trinajstić information content (AvgIpc) is 2.94. The third-order valence-corrected chi connectivity index (χ3v) is 3.59. The zero-order valence-electron chi connectivity index (χ0n) is 12.1. The molecule has 1 aliphatic rings. The molecular formula is C16H20N2O3. The van der Waals surface area contributed by atoms with Gasteiger partial charge in [0.25, 0.3) is 0 Å². The van der Waals surface area contributed by atoms with Gasteiger partial charge in [0.1, 0.15) is 0 Å². The van der Waals surface area contributed by atoms with E-state index in [-0.39, 0.29) is 11.6 Å². The van der Waals surface area contributed by atoms with E-state index in [9.17, 15) is 9.59 Å². The Morgan fingerprint density at radius 3 is 2.81 bits per heavy atom. The monoisotopic (exact) mass is 288 g/mol. The summed E-state index contributed by atoms with van der Waals surface area (Å²) in [5.41, 5.74) is 2.75. The number of aryl methyl sites for hydroxylation is 1. The molecule has 21 heavy (non-hydrogen) atoms. The Bertz CT molecular complexity index is 579. The second-order valence-electron chi connectivity index (χ2n) is 5.22. The van der Waals surface area contributed by atoms with E-state index >= 15 is 0 Å². The molecule has 112 valence electrons. The smallest absolute Gasteiger partial charge is 0.336 e. The number of carboxylic acid groups (broad SMARTS) is 1. The summed E-state index contributed by atoms with van der Waals surface area (Å²) in [6, 6.07) is 4.54. The zero-order valence-corrected chi connectivity index (χ0v) is 12.1. The van der Waals surface area contributed by atoms with Crippen LogP contribution in [0.5, 0.6) is 0 Å². The summed E-state index contributed by atoms with van der Waals surface area (Å²) in [5, 5.41) is 14.5. The van der Waals surface area contributed by atoms with E-state index in [0.717, 1.165) is 19.3 Å². The van der Waals surface area contributed by atoms with Crippen LogP contribution in [-0.2, 0) is 0 Å². The topological polar surface area (TPSA) is 78.4 Å². The van der Waals surface area contributed by atoms with E-state index in [4.69, 9.17) is 5.11 Å². The normalized spacial score (nSPS) is 13.7. The van der Waals surface area contributed by atoms with E-state index in [1.54, 1.807) is 19.1 Å². The predicted octanol–water partition coefficient (Wildman–Crippen LogP) is 3.32. The molecule has 0 radical (unpaired) electrons. The summed E-state index contributed by atoms with van der Waals surface area (Å²) < 4.78 is 0. The number of carbonyl (C=O) groups is 2. The van der Waals surface area contributed by atoms with Crippen LogP contribution in [0.2, 0.25) is 0 Å². The number of carboxylic acids is 1. The number of anilines is 1. The van der Waals surface area contributed by atoms with Crippen molar-refractivity contribution in [1.29, 1.82) is 0 Å². The van der Waals surface area contributed by atoms with Gasteiger partial charge in [0.15, 0.2) is 0 Å². The van der Waals surface area contributed by atoms with Gasteiger partial charge in [0, 0.05) is 12.2 Å². The van der Waals surface area contributed by atoms with Crippen LogP contribution >= 0.6 is 0 Å². The first-order chi connectivity index (χ1) is 10.1. The number of hydrogen-bond acceptors (Lipinski definition) is 2. The van der Waals surface area contributed by atoms with Crippen molar-refractivity contribution in [3.8, 4) is 0 Å². The van der Waals surface area contributed by atoms with Crippen LogP contribution in [0.15, 0.2) is 29.8 Å². The Kier molecular flexibility index (Phi) is 4.98. The first-order valence-electron chi connectivity index (χ1n) is 7.13. The largest absolute Gasteiger partial charge is 0.478 e. The van der Waals surface area contributed by atoms with E-state index in [2.05, 4.69) is 16.7 Å². The molecule has 2 amide bonds. The molecule has 1 aliphatic carbocycles. The number of amides is 2. The fraction of sp³-hybridized carbons (Fsp3) is 0.375. The minimum Gasteiger partial charge on any atom is -0.478 e. The highest BCUT2D eigenvalue weighted by Gasteiger charge is 2.10. The molecule has 0 unspecified atom stereocenters. The van der Waals surface area contributed by atoms with Crippen LogP contribution in [0.1, 0.15) is 41.6 Å². The maximum absolute atomic E-state index is 11.8. The van der Waals surface area contributed by atoms with E-state index in [1.807, 2.05) is 0 Å². The van der Waals surface area contributed by atoms with Gasteiger partial charge >= 0.3 is 12.0 Å². The van der Waals surface area contributed by atoms with Crippen molar-refractivity contribution >= 4 is 17.7 Å². The summed E-state index contributed by atoms with van der Waals surface area (Å²) in [6.07, 6.45) is 6.59. The molecule has 0 saturated heterocycles. The number of hydrogen-bond donors (Lipinski definition) is 3. The number of rotatable bonds is 5. The molecule has 0 aliphatic heterocycles. The van der Waals surface area contributed by atoms with Crippen molar-refractivity contribution in [2.75, 3.05) is 11.9 Å². The van der Waals surface area contributed by atoms with Crippen LogP contribution in [0, 0.1) is 6.92 Å². The van der Waals surface area contributed by atoms with Crippen molar-refractivity contribution < 1.29 is 14.7 Å².